The summed E-state index contributed by atoms with van der Waals surface area (Å²) in [5, 5.41) is 18.4. The number of rotatable bonds is 45. The first-order valence-corrected chi connectivity index (χ1v) is 25.0. The van der Waals surface area contributed by atoms with E-state index in [1.165, 1.54) is 122 Å². The minimum absolute atomic E-state index is 0.0366. The summed E-state index contributed by atoms with van der Waals surface area (Å²) in [5.41, 5.74) is 0. The highest BCUT2D eigenvalue weighted by Gasteiger charge is 2.26. The van der Waals surface area contributed by atoms with Crippen LogP contribution >= 0.6 is 7.82 Å². The number of allylic oxidation sites excluding steroid dienone is 6. The fourth-order valence-electron chi connectivity index (χ4n) is 6.55. The minimum atomic E-state index is -4.52. The number of carbonyl (C=O) groups excluding carboxylic acids is 1. The van der Waals surface area contributed by atoms with Crippen LogP contribution in [-0.4, -0.2) is 66.3 Å². The molecular weight excluding hydrogens is 739 g/mol. The van der Waals surface area contributed by atoms with Crippen molar-refractivity contribution in [2.24, 2.45) is 0 Å². The van der Waals surface area contributed by atoms with Gasteiger partial charge >= 0.3 is 13.8 Å². The fourth-order valence-corrected chi connectivity index (χ4v) is 7.34. The zero-order chi connectivity index (χ0) is 41.8. The maximum Gasteiger partial charge on any atom is 0.472 e. The third-order valence-corrected chi connectivity index (χ3v) is 11.0. The predicted octanol–water partition coefficient (Wildman–Crippen LogP) is 13.2. The number of aliphatic hydroxyl groups is 2. The van der Waals surface area contributed by atoms with E-state index in [0.29, 0.717) is 6.61 Å². The molecule has 57 heavy (non-hydrogen) atoms. The Hall–Kier alpha value is -1.32. The van der Waals surface area contributed by atoms with Crippen molar-refractivity contribution in [3.63, 3.8) is 0 Å². The van der Waals surface area contributed by atoms with Crippen molar-refractivity contribution in [2.75, 3.05) is 33.0 Å². The molecule has 0 aliphatic rings. The molecule has 336 valence electrons. The number of hydrogen-bond donors (Lipinski definition) is 3. The van der Waals surface area contributed by atoms with Gasteiger partial charge in [-0.25, -0.2) is 4.57 Å². The van der Waals surface area contributed by atoms with E-state index in [4.69, 9.17) is 23.6 Å². The lowest BCUT2D eigenvalue weighted by Gasteiger charge is -2.20. The highest BCUT2D eigenvalue weighted by atomic mass is 31.2. The maximum absolute atomic E-state index is 12.6. The molecule has 0 amide bonds. The number of phosphoric ester groups is 1. The van der Waals surface area contributed by atoms with Crippen LogP contribution in [0.25, 0.3) is 0 Å². The number of aliphatic hydroxyl groups excluding tert-OH is 2. The molecule has 0 spiro atoms. The molecule has 3 N–H and O–H groups in total. The van der Waals surface area contributed by atoms with Gasteiger partial charge in [0.05, 0.1) is 26.4 Å². The number of carbonyl (C=O) groups is 1. The smallest absolute Gasteiger partial charge is 0.457 e. The summed E-state index contributed by atoms with van der Waals surface area (Å²) in [7, 11) is -4.52. The van der Waals surface area contributed by atoms with Crippen LogP contribution in [0.3, 0.4) is 0 Å². The van der Waals surface area contributed by atoms with Crippen molar-refractivity contribution in [3.05, 3.63) is 36.5 Å². The summed E-state index contributed by atoms with van der Waals surface area (Å²) in [6.07, 6.45) is 48.3. The molecule has 0 saturated carbocycles. The van der Waals surface area contributed by atoms with Gasteiger partial charge in [0.25, 0.3) is 0 Å². The summed E-state index contributed by atoms with van der Waals surface area (Å²) in [5.74, 6) is -0.387. The first-order valence-electron chi connectivity index (χ1n) is 23.5. The highest BCUT2D eigenvalue weighted by molar-refractivity contribution is 7.47. The molecule has 0 aromatic carbocycles. The van der Waals surface area contributed by atoms with E-state index < -0.39 is 33.2 Å². The first-order chi connectivity index (χ1) is 27.8. The molecule has 0 rings (SSSR count). The normalized spacial score (nSPS) is 14.3. The molecule has 0 fully saturated rings. The van der Waals surface area contributed by atoms with Crippen LogP contribution in [0, 0.1) is 0 Å². The standard InChI is InChI=1S/C47H89O9P/c1-3-5-7-9-11-13-15-17-19-20-21-22-23-24-25-26-27-29-31-33-35-37-39-47(50)56-46(44-55-57(51,52)54-42-45(49)41-48)43-53-40-38-36-34-32-30-28-18-16-14-12-10-8-6-4-2/h6,8,12,14,18,28,45-46,48-49H,3-5,7,9-11,13,15-17,19-27,29-44H2,1-2H3,(H,51,52)/b8-6-,14-12-,28-18-. The Kier molecular flexibility index (Phi) is 43.2. The predicted molar refractivity (Wildman–Crippen MR) is 237 cm³/mol. The molecule has 0 heterocycles. The van der Waals surface area contributed by atoms with Gasteiger partial charge in [0.15, 0.2) is 0 Å². The summed E-state index contributed by atoms with van der Waals surface area (Å²) in [6.45, 7) is 3.38. The molecule has 0 bridgehead atoms. The van der Waals surface area contributed by atoms with Crippen LogP contribution in [0.5, 0.6) is 0 Å². The highest BCUT2D eigenvalue weighted by Crippen LogP contribution is 2.43. The average molecular weight is 829 g/mol. The lowest BCUT2D eigenvalue weighted by molar-refractivity contribution is -0.154. The van der Waals surface area contributed by atoms with Crippen LogP contribution in [-0.2, 0) is 27.9 Å². The number of unbranched alkanes of at least 4 members (excludes halogenated alkanes) is 25. The summed E-state index contributed by atoms with van der Waals surface area (Å²) >= 11 is 0. The van der Waals surface area contributed by atoms with E-state index in [-0.39, 0.29) is 25.6 Å². The van der Waals surface area contributed by atoms with E-state index in [9.17, 15) is 19.4 Å². The van der Waals surface area contributed by atoms with E-state index in [1.54, 1.807) is 0 Å². The van der Waals surface area contributed by atoms with Crippen molar-refractivity contribution < 1.29 is 43.0 Å². The Morgan fingerprint density at radius 3 is 1.51 bits per heavy atom. The number of hydrogen-bond acceptors (Lipinski definition) is 8. The number of phosphoric acid groups is 1. The maximum atomic E-state index is 12.6. The third kappa shape index (κ3) is 44.1. The van der Waals surface area contributed by atoms with Crippen molar-refractivity contribution in [3.8, 4) is 0 Å². The molecule has 3 unspecified atom stereocenters. The van der Waals surface area contributed by atoms with Gasteiger partial charge in [-0.2, -0.15) is 0 Å². The third-order valence-electron chi connectivity index (χ3n) is 10.1. The molecule has 9 nitrogen and oxygen atoms in total. The zero-order valence-corrected chi connectivity index (χ0v) is 37.7. The van der Waals surface area contributed by atoms with Gasteiger partial charge in [0.2, 0.25) is 0 Å². The van der Waals surface area contributed by atoms with Crippen LogP contribution in [0.2, 0.25) is 0 Å². The lowest BCUT2D eigenvalue weighted by Crippen LogP contribution is -2.29. The second kappa shape index (κ2) is 44.2. The van der Waals surface area contributed by atoms with Crippen molar-refractivity contribution in [1.29, 1.82) is 0 Å². The second-order valence-corrected chi connectivity index (χ2v) is 17.2. The van der Waals surface area contributed by atoms with Gasteiger partial charge < -0.3 is 24.6 Å². The molecule has 0 aliphatic heterocycles. The van der Waals surface area contributed by atoms with E-state index in [2.05, 4.69) is 50.3 Å². The topological polar surface area (TPSA) is 132 Å². The Labute approximate surface area is 350 Å². The molecule has 0 saturated heterocycles. The summed E-state index contributed by atoms with van der Waals surface area (Å²) in [4.78, 5) is 22.6. The average Bonchev–Trinajstić information content (AvgIpc) is 3.20. The quantitative estimate of drug-likeness (QED) is 0.0237. The van der Waals surface area contributed by atoms with E-state index >= 15 is 0 Å². The first kappa shape index (κ1) is 55.7. The van der Waals surface area contributed by atoms with Gasteiger partial charge in [-0.15, -0.1) is 0 Å². The number of ether oxygens (including phenoxy) is 2. The van der Waals surface area contributed by atoms with Crippen LogP contribution in [0.15, 0.2) is 36.5 Å². The van der Waals surface area contributed by atoms with Gasteiger partial charge in [-0.3, -0.25) is 13.8 Å². The summed E-state index contributed by atoms with van der Waals surface area (Å²) in [6, 6.07) is 0. The lowest BCUT2D eigenvalue weighted by atomic mass is 10.0. The van der Waals surface area contributed by atoms with Gasteiger partial charge in [0.1, 0.15) is 12.2 Å². The molecule has 0 radical (unpaired) electrons. The fraction of sp³-hybridized carbons (Fsp3) is 0.851. The van der Waals surface area contributed by atoms with Gasteiger partial charge in [0, 0.05) is 13.0 Å². The summed E-state index contributed by atoms with van der Waals surface area (Å²) < 4.78 is 33.4. The van der Waals surface area contributed by atoms with Crippen LogP contribution in [0.1, 0.15) is 213 Å². The molecule has 3 atom stereocenters. The Morgan fingerprint density at radius 2 is 1.00 bits per heavy atom. The van der Waals surface area contributed by atoms with Gasteiger partial charge in [-0.1, -0.05) is 198 Å². The van der Waals surface area contributed by atoms with Crippen LogP contribution < -0.4 is 0 Å². The number of esters is 1. The van der Waals surface area contributed by atoms with E-state index in [1.807, 2.05) is 0 Å². The van der Waals surface area contributed by atoms with Crippen LogP contribution in [0.4, 0.5) is 0 Å². The van der Waals surface area contributed by atoms with E-state index in [0.717, 1.165) is 70.6 Å². The van der Waals surface area contributed by atoms with Gasteiger partial charge in [-0.05, 0) is 44.9 Å². The Balaban J connectivity index is 4.07. The molecule has 0 aliphatic carbocycles. The Morgan fingerprint density at radius 1 is 0.561 bits per heavy atom. The molecule has 0 aromatic rings. The second-order valence-electron chi connectivity index (χ2n) is 15.8. The minimum Gasteiger partial charge on any atom is -0.457 e. The molecule has 0 aromatic heterocycles. The molecule has 10 heteroatoms. The SMILES string of the molecule is CC/C=C\C/C=C\C/C=C\CCCCCCOCC(COP(=O)(O)OCC(O)CO)OC(=O)CCCCCCCCCCCCCCCCCCCCCCCC. The zero-order valence-electron chi connectivity index (χ0n) is 36.8. The van der Waals surface area contributed by atoms with Crippen molar-refractivity contribution >= 4 is 13.8 Å². The monoisotopic (exact) mass is 829 g/mol. The van der Waals surface area contributed by atoms with Crippen molar-refractivity contribution in [2.45, 2.75) is 225 Å². The molecular formula is C47H89O9P. The Bertz CT molecular complexity index is 986. The van der Waals surface area contributed by atoms with Crippen molar-refractivity contribution in [1.82, 2.24) is 0 Å². The largest absolute Gasteiger partial charge is 0.472 e.